The fourth-order valence-electron chi connectivity index (χ4n) is 1.79. The highest BCUT2D eigenvalue weighted by Crippen LogP contribution is 2.27. The second-order valence-corrected chi connectivity index (χ2v) is 4.02. The third-order valence-electron chi connectivity index (χ3n) is 2.68. The topological polar surface area (TPSA) is 114 Å². The average Bonchev–Trinajstić information content (AvgIpc) is 2.79. The van der Waals surface area contributed by atoms with Crippen molar-refractivity contribution in [1.29, 1.82) is 0 Å². The van der Waals surface area contributed by atoms with E-state index < -0.39 is 12.2 Å². The molecule has 2 aliphatic heterocycles. The molecule has 0 radical (unpaired) electrons. The summed E-state index contributed by atoms with van der Waals surface area (Å²) in [6, 6.07) is 0. The van der Waals surface area contributed by atoms with Crippen LogP contribution in [-0.4, -0.2) is 52.9 Å². The number of fused-ring (bicyclic) bond motifs is 1. The molecule has 1 fully saturated rings. The molecule has 3 rings (SSSR count). The normalized spacial score (nSPS) is 21.5. The van der Waals surface area contributed by atoms with Gasteiger partial charge in [-0.2, -0.15) is 0 Å². The molecule has 0 aromatic carbocycles. The summed E-state index contributed by atoms with van der Waals surface area (Å²) >= 11 is 0. The minimum absolute atomic E-state index is 0.112. The monoisotopic (exact) mass is 266 g/mol. The number of rotatable bonds is 2. The van der Waals surface area contributed by atoms with Crippen molar-refractivity contribution in [2.45, 2.75) is 6.10 Å². The van der Waals surface area contributed by atoms with E-state index in [1.165, 1.54) is 11.1 Å². The van der Waals surface area contributed by atoms with Gasteiger partial charge >= 0.3 is 6.09 Å². The molecule has 19 heavy (non-hydrogen) atoms. The average molecular weight is 266 g/mol. The van der Waals surface area contributed by atoms with Gasteiger partial charge in [0.2, 0.25) is 0 Å². The number of aliphatic hydroxyl groups is 1. The molecule has 1 atom stereocenters. The van der Waals surface area contributed by atoms with Gasteiger partial charge in [0.05, 0.1) is 19.3 Å². The Balaban J connectivity index is 1.88. The van der Waals surface area contributed by atoms with Crippen LogP contribution in [-0.2, 0) is 9.53 Å². The van der Waals surface area contributed by atoms with E-state index in [0.717, 1.165) is 0 Å². The van der Waals surface area contributed by atoms with Crippen molar-refractivity contribution < 1.29 is 24.2 Å². The van der Waals surface area contributed by atoms with Crippen LogP contribution in [0.5, 0.6) is 5.88 Å². The number of amides is 2. The van der Waals surface area contributed by atoms with Gasteiger partial charge in [-0.3, -0.25) is 9.69 Å². The zero-order valence-electron chi connectivity index (χ0n) is 9.70. The first-order valence-corrected chi connectivity index (χ1v) is 5.56. The van der Waals surface area contributed by atoms with Crippen LogP contribution in [0.1, 0.15) is 0 Å². The van der Waals surface area contributed by atoms with E-state index in [4.69, 9.17) is 14.6 Å². The maximum atomic E-state index is 11.6. The van der Waals surface area contributed by atoms with Crippen molar-refractivity contribution in [2.24, 2.45) is 0 Å². The van der Waals surface area contributed by atoms with Gasteiger partial charge < -0.3 is 19.9 Å². The smallest absolute Gasteiger partial charge is 0.416 e. The fraction of sp³-hybridized carbons (Fsp3) is 0.400. The van der Waals surface area contributed by atoms with Gasteiger partial charge in [-0.25, -0.2) is 14.8 Å². The summed E-state index contributed by atoms with van der Waals surface area (Å²) < 4.78 is 9.96. The number of ether oxygens (including phenoxy) is 2. The molecule has 2 aliphatic rings. The largest absolute Gasteiger partial charge is 0.465 e. The summed E-state index contributed by atoms with van der Waals surface area (Å²) in [7, 11) is 0. The van der Waals surface area contributed by atoms with E-state index in [1.54, 1.807) is 0 Å². The van der Waals surface area contributed by atoms with Crippen LogP contribution in [0.25, 0.3) is 0 Å². The highest BCUT2D eigenvalue weighted by Gasteiger charge is 2.33. The Hall–Kier alpha value is -2.42. The van der Waals surface area contributed by atoms with Crippen molar-refractivity contribution in [3.63, 3.8) is 0 Å². The Morgan fingerprint density at radius 1 is 1.53 bits per heavy atom. The molecular formula is C10H10N4O5. The molecule has 2 N–H and O–H groups in total. The van der Waals surface area contributed by atoms with Crippen molar-refractivity contribution in [2.75, 3.05) is 30.0 Å². The Morgan fingerprint density at radius 2 is 2.37 bits per heavy atom. The van der Waals surface area contributed by atoms with Gasteiger partial charge in [0.1, 0.15) is 6.10 Å². The number of carbonyl (C=O) groups is 2. The van der Waals surface area contributed by atoms with Crippen molar-refractivity contribution in [1.82, 2.24) is 9.97 Å². The lowest BCUT2D eigenvalue weighted by atomic mass is 10.4. The predicted molar refractivity (Wildman–Crippen MR) is 60.9 cm³/mol. The summed E-state index contributed by atoms with van der Waals surface area (Å²) in [4.78, 5) is 32.1. The number of hydrogen-bond acceptors (Lipinski definition) is 7. The number of nitrogens with one attached hydrogen (secondary N) is 1. The number of aromatic nitrogens is 2. The molecule has 0 saturated carbocycles. The van der Waals surface area contributed by atoms with Gasteiger partial charge in [0.15, 0.2) is 18.2 Å². The lowest BCUT2D eigenvalue weighted by molar-refractivity contribution is -0.118. The van der Waals surface area contributed by atoms with Crippen LogP contribution in [0.3, 0.4) is 0 Å². The number of aliphatic hydroxyl groups excluding tert-OH is 1. The summed E-state index contributed by atoms with van der Waals surface area (Å²) in [5.41, 5.74) is 0. The van der Waals surface area contributed by atoms with E-state index in [9.17, 15) is 9.59 Å². The van der Waals surface area contributed by atoms with Crippen LogP contribution in [0.2, 0.25) is 0 Å². The van der Waals surface area contributed by atoms with Crippen LogP contribution < -0.4 is 15.0 Å². The molecular weight excluding hydrogens is 256 g/mol. The van der Waals surface area contributed by atoms with E-state index in [1.807, 2.05) is 0 Å². The number of cyclic esters (lactones) is 1. The minimum atomic E-state index is -0.614. The summed E-state index contributed by atoms with van der Waals surface area (Å²) in [6.07, 6.45) is 0.143. The summed E-state index contributed by atoms with van der Waals surface area (Å²) in [6.45, 7) is -0.197. The highest BCUT2D eigenvalue weighted by molar-refractivity contribution is 5.94. The first-order valence-electron chi connectivity index (χ1n) is 5.56. The molecule has 3 heterocycles. The Bertz CT molecular complexity index is 549. The van der Waals surface area contributed by atoms with Crippen LogP contribution >= 0.6 is 0 Å². The summed E-state index contributed by atoms with van der Waals surface area (Å²) in [5, 5.41) is 11.5. The second kappa shape index (κ2) is 4.35. The Kier molecular flexibility index (Phi) is 2.67. The van der Waals surface area contributed by atoms with Gasteiger partial charge in [-0.1, -0.05) is 0 Å². The molecule has 1 aromatic heterocycles. The van der Waals surface area contributed by atoms with Gasteiger partial charge in [-0.05, 0) is 0 Å². The minimum Gasteiger partial charge on any atom is -0.465 e. The molecule has 0 spiro atoms. The molecule has 0 aliphatic carbocycles. The SMILES string of the molecule is O=C1COc2ncc(N3CC(CO)OC3=O)nc2N1. The van der Waals surface area contributed by atoms with E-state index in [2.05, 4.69) is 15.3 Å². The molecule has 100 valence electrons. The molecule has 1 aromatic rings. The van der Waals surface area contributed by atoms with E-state index in [-0.39, 0.29) is 43.2 Å². The molecule has 2 amide bonds. The molecule has 1 unspecified atom stereocenters. The van der Waals surface area contributed by atoms with Gasteiger partial charge in [0, 0.05) is 0 Å². The van der Waals surface area contributed by atoms with E-state index in [0.29, 0.717) is 0 Å². The number of nitrogens with zero attached hydrogens (tertiary/aromatic N) is 3. The van der Waals surface area contributed by atoms with Crippen LogP contribution in [0.15, 0.2) is 6.20 Å². The highest BCUT2D eigenvalue weighted by atomic mass is 16.6. The third kappa shape index (κ3) is 2.03. The lowest BCUT2D eigenvalue weighted by Crippen LogP contribution is -2.30. The molecule has 9 nitrogen and oxygen atoms in total. The fourth-order valence-corrected chi connectivity index (χ4v) is 1.79. The molecule has 1 saturated heterocycles. The van der Waals surface area contributed by atoms with Gasteiger partial charge in [0.25, 0.3) is 11.8 Å². The quantitative estimate of drug-likeness (QED) is 0.714. The zero-order valence-corrected chi connectivity index (χ0v) is 9.70. The third-order valence-corrected chi connectivity index (χ3v) is 2.68. The first-order chi connectivity index (χ1) is 9.17. The lowest BCUT2D eigenvalue weighted by Gasteiger charge is -2.18. The molecule has 0 bridgehead atoms. The number of anilines is 2. The van der Waals surface area contributed by atoms with Crippen LogP contribution in [0.4, 0.5) is 16.4 Å². The Morgan fingerprint density at radius 3 is 3.11 bits per heavy atom. The van der Waals surface area contributed by atoms with Crippen molar-refractivity contribution in [3.8, 4) is 5.88 Å². The summed E-state index contributed by atoms with van der Waals surface area (Å²) in [5.74, 6) is 0.255. The predicted octanol–water partition coefficient (Wildman–Crippen LogP) is -0.875. The number of carbonyl (C=O) groups excluding carboxylic acids is 2. The molecule has 9 heteroatoms. The van der Waals surface area contributed by atoms with Crippen molar-refractivity contribution in [3.05, 3.63) is 6.20 Å². The second-order valence-electron chi connectivity index (χ2n) is 4.02. The standard InChI is InChI=1S/C10H10N4O5/c15-3-5-2-14(10(17)19-5)6-1-11-9-8(12-6)13-7(16)4-18-9/h1,5,15H,2-4H2,(H,12,13,16). The zero-order chi connectivity index (χ0) is 13.4. The van der Waals surface area contributed by atoms with Gasteiger partial charge in [-0.15, -0.1) is 0 Å². The maximum Gasteiger partial charge on any atom is 0.416 e. The first kappa shape index (κ1) is 11.7. The van der Waals surface area contributed by atoms with E-state index >= 15 is 0 Å². The Labute approximate surface area is 107 Å². The van der Waals surface area contributed by atoms with Crippen molar-refractivity contribution >= 4 is 23.6 Å². The number of hydrogen-bond donors (Lipinski definition) is 2. The van der Waals surface area contributed by atoms with Crippen LogP contribution in [0, 0.1) is 0 Å². The maximum absolute atomic E-state index is 11.6.